The number of amides is 2. The quantitative estimate of drug-likeness (QED) is 0.346. The van der Waals surface area contributed by atoms with E-state index in [9.17, 15) is 28.0 Å². The molecular weight excluding hydrogens is 541 g/mol. The largest absolute Gasteiger partial charge is 0.455 e. The number of nitrogens with zero attached hydrogens (tertiary/aromatic N) is 8. The third kappa shape index (κ3) is 5.76. The van der Waals surface area contributed by atoms with Gasteiger partial charge >= 0.3 is 6.18 Å². The molecule has 0 saturated heterocycles. The van der Waals surface area contributed by atoms with E-state index < -0.39 is 23.8 Å². The lowest BCUT2D eigenvalue weighted by atomic mass is 9.92. The number of rotatable bonds is 7. The Balaban J connectivity index is 1.51. The first kappa shape index (κ1) is 27.4. The van der Waals surface area contributed by atoms with Gasteiger partial charge in [0.15, 0.2) is 5.82 Å². The molecule has 1 saturated carbocycles. The monoisotopic (exact) mass is 564 g/mol. The standard InChI is InChI=1S/C26H23F3N10O2/c1-14-5-4-8-31-22(14)39-20(11-18(35-39)13-38-36-25(34-37-38)26(27,28)29)24(41)33-21-15(2)9-16(12-30)10-19(21)23(40)32-17-6-3-7-17/h4-5,8-11,17H,3,6-7,13H2,1-2H3,(H,32,40)(H,33,41). The van der Waals surface area contributed by atoms with Crippen LogP contribution >= 0.6 is 0 Å². The fourth-order valence-electron chi connectivity index (χ4n) is 4.29. The minimum absolute atomic E-state index is 0.00734. The maximum atomic E-state index is 13.7. The van der Waals surface area contributed by atoms with Gasteiger partial charge in [0.25, 0.3) is 17.6 Å². The number of hydrogen-bond donors (Lipinski definition) is 2. The number of hydrogen-bond acceptors (Lipinski definition) is 8. The van der Waals surface area contributed by atoms with Crippen molar-refractivity contribution in [1.82, 2.24) is 40.3 Å². The highest BCUT2D eigenvalue weighted by Gasteiger charge is 2.37. The first-order valence-electron chi connectivity index (χ1n) is 12.6. The molecule has 0 bridgehead atoms. The van der Waals surface area contributed by atoms with Crippen LogP contribution in [0, 0.1) is 25.2 Å². The van der Waals surface area contributed by atoms with Crippen molar-refractivity contribution in [2.75, 3.05) is 5.32 Å². The van der Waals surface area contributed by atoms with E-state index in [0.29, 0.717) is 16.9 Å². The molecule has 1 aliphatic rings. The Morgan fingerprint density at radius 1 is 1.12 bits per heavy atom. The van der Waals surface area contributed by atoms with Crippen molar-refractivity contribution in [3.63, 3.8) is 0 Å². The van der Waals surface area contributed by atoms with Crippen LogP contribution in [-0.4, -0.2) is 52.8 Å². The lowest BCUT2D eigenvalue weighted by molar-refractivity contribution is -0.145. The number of carbonyl (C=O) groups excluding carboxylic acids is 2. The zero-order valence-corrected chi connectivity index (χ0v) is 21.9. The van der Waals surface area contributed by atoms with E-state index in [0.717, 1.165) is 24.1 Å². The molecule has 0 atom stereocenters. The zero-order valence-electron chi connectivity index (χ0n) is 21.9. The van der Waals surface area contributed by atoms with Gasteiger partial charge in [0.1, 0.15) is 12.2 Å². The van der Waals surface area contributed by atoms with Crippen molar-refractivity contribution in [1.29, 1.82) is 5.26 Å². The van der Waals surface area contributed by atoms with Crippen LogP contribution in [0.25, 0.3) is 5.82 Å². The average Bonchev–Trinajstić information content (AvgIpc) is 3.55. The Morgan fingerprint density at radius 3 is 2.54 bits per heavy atom. The van der Waals surface area contributed by atoms with Crippen molar-refractivity contribution in [3.8, 4) is 11.9 Å². The predicted octanol–water partition coefficient (Wildman–Crippen LogP) is 3.34. The second-order valence-corrected chi connectivity index (χ2v) is 9.60. The number of aromatic nitrogens is 7. The van der Waals surface area contributed by atoms with Crippen LogP contribution in [0.1, 0.15) is 68.3 Å². The highest BCUT2D eigenvalue weighted by Crippen LogP contribution is 2.27. The van der Waals surface area contributed by atoms with Gasteiger partial charge in [0.2, 0.25) is 0 Å². The minimum atomic E-state index is -4.77. The summed E-state index contributed by atoms with van der Waals surface area (Å²) in [6.45, 7) is 3.11. The number of aryl methyl sites for hydroxylation is 2. The Hall–Kier alpha value is -5.13. The van der Waals surface area contributed by atoms with E-state index in [2.05, 4.69) is 36.1 Å². The number of nitrogens with one attached hydrogen (secondary N) is 2. The summed E-state index contributed by atoms with van der Waals surface area (Å²) in [5, 5.41) is 29.3. The Labute approximate surface area is 231 Å². The Morgan fingerprint density at radius 2 is 1.90 bits per heavy atom. The highest BCUT2D eigenvalue weighted by atomic mass is 19.4. The molecular formula is C26H23F3N10O2. The highest BCUT2D eigenvalue weighted by molar-refractivity contribution is 6.09. The fraction of sp³-hybridized carbons (Fsp3) is 0.308. The van der Waals surface area contributed by atoms with Gasteiger partial charge in [-0.05, 0) is 73.7 Å². The fourth-order valence-corrected chi connectivity index (χ4v) is 4.29. The number of benzene rings is 1. The van der Waals surface area contributed by atoms with Crippen LogP contribution in [0.3, 0.4) is 0 Å². The molecule has 0 spiro atoms. The van der Waals surface area contributed by atoms with Crippen LogP contribution in [0.2, 0.25) is 0 Å². The Kier molecular flexibility index (Phi) is 7.22. The average molecular weight is 565 g/mol. The topological polar surface area (TPSA) is 156 Å². The number of carbonyl (C=O) groups is 2. The van der Waals surface area contributed by atoms with Crippen molar-refractivity contribution in [2.45, 2.75) is 51.9 Å². The molecule has 2 amide bonds. The van der Waals surface area contributed by atoms with Crippen molar-refractivity contribution >= 4 is 17.5 Å². The van der Waals surface area contributed by atoms with Gasteiger partial charge in [-0.15, -0.1) is 10.2 Å². The third-order valence-corrected chi connectivity index (χ3v) is 6.57. The maximum absolute atomic E-state index is 13.7. The molecule has 1 aliphatic carbocycles. The summed E-state index contributed by atoms with van der Waals surface area (Å²) in [6.07, 6.45) is -0.558. The van der Waals surface area contributed by atoms with Crippen molar-refractivity contribution in [3.05, 3.63) is 76.0 Å². The van der Waals surface area contributed by atoms with Gasteiger partial charge < -0.3 is 10.6 Å². The normalized spacial score (nSPS) is 13.4. The number of alkyl halides is 3. The van der Waals surface area contributed by atoms with Gasteiger partial charge in [-0.2, -0.15) is 28.3 Å². The second kappa shape index (κ2) is 10.8. The predicted molar refractivity (Wildman–Crippen MR) is 137 cm³/mol. The number of pyridine rings is 1. The summed E-state index contributed by atoms with van der Waals surface area (Å²) in [4.78, 5) is 31.8. The molecule has 3 heterocycles. The summed E-state index contributed by atoms with van der Waals surface area (Å²) in [6, 6.07) is 9.84. The van der Waals surface area contributed by atoms with E-state index in [4.69, 9.17) is 0 Å². The van der Waals surface area contributed by atoms with Crippen molar-refractivity contribution < 1.29 is 22.8 Å². The zero-order chi connectivity index (χ0) is 29.3. The minimum Gasteiger partial charge on any atom is -0.349 e. The van der Waals surface area contributed by atoms with Crippen LogP contribution in [0.15, 0.2) is 36.5 Å². The smallest absolute Gasteiger partial charge is 0.349 e. The van der Waals surface area contributed by atoms with Crippen LogP contribution < -0.4 is 10.6 Å². The SMILES string of the molecule is Cc1cccnc1-n1nc(Cn2nnc(C(F)(F)F)n2)cc1C(=O)Nc1c(C)cc(C#N)cc1C(=O)NC1CCC1. The molecule has 1 fully saturated rings. The molecule has 15 heteroatoms. The van der Waals surface area contributed by atoms with Gasteiger partial charge in [0, 0.05) is 12.2 Å². The van der Waals surface area contributed by atoms with E-state index in [1.54, 1.807) is 32.0 Å². The lowest BCUT2D eigenvalue weighted by Crippen LogP contribution is -2.40. The first-order chi connectivity index (χ1) is 19.5. The van der Waals surface area contributed by atoms with Gasteiger partial charge in [-0.25, -0.2) is 9.67 Å². The molecule has 0 radical (unpaired) electrons. The molecule has 41 heavy (non-hydrogen) atoms. The third-order valence-electron chi connectivity index (χ3n) is 6.57. The summed E-state index contributed by atoms with van der Waals surface area (Å²) < 4.78 is 40.1. The molecule has 2 N–H and O–H groups in total. The van der Waals surface area contributed by atoms with Crippen LogP contribution in [-0.2, 0) is 12.7 Å². The lowest BCUT2D eigenvalue weighted by Gasteiger charge is -2.27. The molecule has 210 valence electrons. The molecule has 0 aliphatic heterocycles. The summed E-state index contributed by atoms with van der Waals surface area (Å²) in [7, 11) is 0. The van der Waals surface area contributed by atoms with E-state index in [-0.39, 0.29) is 40.8 Å². The van der Waals surface area contributed by atoms with Gasteiger partial charge in [0.05, 0.1) is 28.6 Å². The molecule has 0 unspecified atom stereocenters. The number of nitriles is 1. The summed E-state index contributed by atoms with van der Waals surface area (Å²) in [5.74, 6) is -2.18. The van der Waals surface area contributed by atoms with Crippen LogP contribution in [0.4, 0.5) is 18.9 Å². The maximum Gasteiger partial charge on any atom is 0.455 e. The summed E-state index contributed by atoms with van der Waals surface area (Å²) >= 11 is 0. The van der Waals surface area contributed by atoms with E-state index >= 15 is 0 Å². The summed E-state index contributed by atoms with van der Waals surface area (Å²) in [5.41, 5.74) is 1.92. The van der Waals surface area contributed by atoms with Gasteiger partial charge in [-0.3, -0.25) is 9.59 Å². The molecule has 5 rings (SSSR count). The number of tetrazole rings is 1. The molecule has 4 aromatic rings. The molecule has 3 aromatic heterocycles. The van der Waals surface area contributed by atoms with Crippen LogP contribution in [0.5, 0.6) is 0 Å². The molecule has 12 nitrogen and oxygen atoms in total. The number of halogens is 3. The second-order valence-electron chi connectivity index (χ2n) is 9.60. The van der Waals surface area contributed by atoms with Crippen molar-refractivity contribution in [2.24, 2.45) is 0 Å². The molecule has 1 aromatic carbocycles. The Bertz CT molecular complexity index is 1680. The van der Waals surface area contributed by atoms with E-state index in [1.807, 2.05) is 6.07 Å². The van der Waals surface area contributed by atoms with Gasteiger partial charge in [-0.1, -0.05) is 6.07 Å². The van der Waals surface area contributed by atoms with E-state index in [1.165, 1.54) is 23.0 Å². The number of anilines is 1. The first-order valence-corrected chi connectivity index (χ1v) is 12.6.